The molecule has 1 aromatic carbocycles. The Morgan fingerprint density at radius 2 is 2.05 bits per heavy atom. The van der Waals surface area contributed by atoms with Gasteiger partial charge in [-0.25, -0.2) is 4.79 Å². The predicted octanol–water partition coefficient (Wildman–Crippen LogP) is 2.03. The van der Waals surface area contributed by atoms with Gasteiger partial charge in [0.05, 0.1) is 12.0 Å². The SMILES string of the molecule is COC(=O)COc1cc(CNC(C)(C)C)ccc1[N+](=O)[O-]. The third-order valence-electron chi connectivity index (χ3n) is 2.62. The molecule has 0 spiro atoms. The maximum atomic E-state index is 11.1. The van der Waals surface area contributed by atoms with E-state index in [1.54, 1.807) is 12.1 Å². The zero-order chi connectivity index (χ0) is 16.0. The van der Waals surface area contributed by atoms with E-state index < -0.39 is 10.9 Å². The first-order valence-electron chi connectivity index (χ1n) is 6.45. The number of carbonyl (C=O) groups is 1. The van der Waals surface area contributed by atoms with Gasteiger partial charge in [-0.05, 0) is 32.4 Å². The molecular weight excluding hydrogens is 276 g/mol. The highest BCUT2D eigenvalue weighted by molar-refractivity contribution is 5.71. The van der Waals surface area contributed by atoms with Crippen LogP contribution in [0.1, 0.15) is 26.3 Å². The lowest BCUT2D eigenvalue weighted by Crippen LogP contribution is -2.35. The van der Waals surface area contributed by atoms with Crippen molar-refractivity contribution in [2.24, 2.45) is 0 Å². The fourth-order valence-electron chi connectivity index (χ4n) is 1.50. The van der Waals surface area contributed by atoms with Gasteiger partial charge in [0.15, 0.2) is 12.4 Å². The number of benzene rings is 1. The van der Waals surface area contributed by atoms with E-state index >= 15 is 0 Å². The summed E-state index contributed by atoms with van der Waals surface area (Å²) in [6, 6.07) is 4.58. The average Bonchev–Trinajstić information content (AvgIpc) is 2.41. The van der Waals surface area contributed by atoms with E-state index in [2.05, 4.69) is 10.1 Å². The van der Waals surface area contributed by atoms with Crippen molar-refractivity contribution in [3.05, 3.63) is 33.9 Å². The number of methoxy groups -OCH3 is 1. The first-order valence-corrected chi connectivity index (χ1v) is 6.45. The van der Waals surface area contributed by atoms with Gasteiger partial charge in [-0.15, -0.1) is 0 Å². The fourth-order valence-corrected chi connectivity index (χ4v) is 1.50. The number of nitrogens with zero attached hydrogens (tertiary/aromatic N) is 1. The van der Waals surface area contributed by atoms with E-state index in [9.17, 15) is 14.9 Å². The largest absolute Gasteiger partial charge is 0.475 e. The van der Waals surface area contributed by atoms with Crippen molar-refractivity contribution in [1.29, 1.82) is 0 Å². The van der Waals surface area contributed by atoms with Crippen LogP contribution in [0.5, 0.6) is 5.75 Å². The van der Waals surface area contributed by atoms with E-state index in [4.69, 9.17) is 4.74 Å². The van der Waals surface area contributed by atoms with Crippen molar-refractivity contribution in [3.8, 4) is 5.75 Å². The second kappa shape index (κ2) is 7.03. The highest BCUT2D eigenvalue weighted by atomic mass is 16.6. The number of hydrogen-bond acceptors (Lipinski definition) is 6. The van der Waals surface area contributed by atoms with Gasteiger partial charge < -0.3 is 14.8 Å². The Morgan fingerprint density at radius 3 is 2.57 bits per heavy atom. The van der Waals surface area contributed by atoms with Crippen molar-refractivity contribution >= 4 is 11.7 Å². The minimum Gasteiger partial charge on any atom is -0.475 e. The Bertz CT molecular complexity index is 523. The number of nitro groups is 1. The topological polar surface area (TPSA) is 90.7 Å². The Hall–Kier alpha value is -2.15. The molecule has 0 aliphatic rings. The first kappa shape index (κ1) is 16.9. The Morgan fingerprint density at radius 1 is 1.38 bits per heavy atom. The lowest BCUT2D eigenvalue weighted by molar-refractivity contribution is -0.385. The molecule has 0 amide bonds. The van der Waals surface area contributed by atoms with Gasteiger partial charge in [0, 0.05) is 18.2 Å². The molecule has 21 heavy (non-hydrogen) atoms. The van der Waals surface area contributed by atoms with E-state index in [0.717, 1.165) is 5.56 Å². The number of carbonyl (C=O) groups excluding carboxylic acids is 1. The standard InChI is InChI=1S/C14H20N2O5/c1-14(2,3)15-8-10-5-6-11(16(18)19)12(7-10)21-9-13(17)20-4/h5-7,15H,8-9H2,1-4H3. The molecule has 1 N–H and O–H groups in total. The highest BCUT2D eigenvalue weighted by Crippen LogP contribution is 2.28. The Labute approximate surface area is 123 Å². The molecule has 116 valence electrons. The summed E-state index contributed by atoms with van der Waals surface area (Å²) in [6.07, 6.45) is 0. The monoisotopic (exact) mass is 296 g/mol. The van der Waals surface area contributed by atoms with Gasteiger partial charge >= 0.3 is 11.7 Å². The molecule has 0 heterocycles. The van der Waals surface area contributed by atoms with Crippen LogP contribution in [0.4, 0.5) is 5.69 Å². The molecule has 1 aromatic rings. The molecule has 0 aliphatic heterocycles. The molecule has 0 unspecified atom stereocenters. The van der Waals surface area contributed by atoms with E-state index in [1.807, 2.05) is 20.8 Å². The van der Waals surface area contributed by atoms with Crippen LogP contribution >= 0.6 is 0 Å². The van der Waals surface area contributed by atoms with Crippen LogP contribution in [-0.2, 0) is 16.1 Å². The molecule has 0 fully saturated rings. The normalized spacial score (nSPS) is 11.0. The zero-order valence-electron chi connectivity index (χ0n) is 12.6. The maximum Gasteiger partial charge on any atom is 0.343 e. The maximum absolute atomic E-state index is 11.1. The molecule has 7 nitrogen and oxygen atoms in total. The van der Waals surface area contributed by atoms with E-state index in [0.29, 0.717) is 6.54 Å². The minimum atomic E-state index is -0.595. The second-order valence-electron chi connectivity index (χ2n) is 5.53. The fraction of sp³-hybridized carbons (Fsp3) is 0.500. The molecule has 0 atom stereocenters. The molecular formula is C14H20N2O5. The number of rotatable bonds is 6. The molecule has 0 bridgehead atoms. The minimum absolute atomic E-state index is 0.0543. The van der Waals surface area contributed by atoms with Crippen molar-refractivity contribution in [2.45, 2.75) is 32.9 Å². The molecule has 0 aromatic heterocycles. The summed E-state index contributed by atoms with van der Waals surface area (Å²) in [5, 5.41) is 14.2. The van der Waals surface area contributed by atoms with Crippen LogP contribution in [-0.4, -0.2) is 30.1 Å². The Kier molecular flexibility index (Phi) is 5.66. The van der Waals surface area contributed by atoms with Crippen LogP contribution in [0.25, 0.3) is 0 Å². The molecule has 0 radical (unpaired) electrons. The smallest absolute Gasteiger partial charge is 0.343 e. The van der Waals surface area contributed by atoms with Crippen LogP contribution in [0, 0.1) is 10.1 Å². The van der Waals surface area contributed by atoms with Crippen molar-refractivity contribution in [1.82, 2.24) is 5.32 Å². The number of esters is 1. The summed E-state index contributed by atoms with van der Waals surface area (Å²) in [4.78, 5) is 21.5. The summed E-state index contributed by atoms with van der Waals surface area (Å²) >= 11 is 0. The third-order valence-corrected chi connectivity index (χ3v) is 2.62. The van der Waals surface area contributed by atoms with Gasteiger partial charge in [-0.3, -0.25) is 10.1 Å². The predicted molar refractivity (Wildman–Crippen MR) is 77.2 cm³/mol. The van der Waals surface area contributed by atoms with Crippen LogP contribution in [0.15, 0.2) is 18.2 Å². The van der Waals surface area contributed by atoms with E-state index in [1.165, 1.54) is 13.2 Å². The van der Waals surface area contributed by atoms with Gasteiger partial charge in [0.2, 0.25) is 0 Å². The summed E-state index contributed by atoms with van der Waals surface area (Å²) in [7, 11) is 1.23. The number of ether oxygens (including phenoxy) is 2. The summed E-state index contributed by atoms with van der Waals surface area (Å²) < 4.78 is 9.63. The third kappa shape index (κ3) is 5.78. The molecule has 7 heteroatoms. The second-order valence-corrected chi connectivity index (χ2v) is 5.53. The quantitative estimate of drug-likeness (QED) is 0.491. The molecule has 0 aliphatic carbocycles. The molecule has 1 rings (SSSR count). The van der Waals surface area contributed by atoms with Gasteiger partial charge in [0.25, 0.3) is 0 Å². The van der Waals surface area contributed by atoms with Gasteiger partial charge in [0.1, 0.15) is 0 Å². The lowest BCUT2D eigenvalue weighted by Gasteiger charge is -2.20. The van der Waals surface area contributed by atoms with Crippen molar-refractivity contribution < 1.29 is 19.2 Å². The van der Waals surface area contributed by atoms with Crippen LogP contribution < -0.4 is 10.1 Å². The Balaban J connectivity index is 2.90. The van der Waals surface area contributed by atoms with Gasteiger partial charge in [-0.2, -0.15) is 0 Å². The highest BCUT2D eigenvalue weighted by Gasteiger charge is 2.17. The zero-order valence-corrected chi connectivity index (χ0v) is 12.6. The van der Waals surface area contributed by atoms with Crippen LogP contribution in [0.3, 0.4) is 0 Å². The van der Waals surface area contributed by atoms with Crippen molar-refractivity contribution in [2.75, 3.05) is 13.7 Å². The number of nitrogens with one attached hydrogen (secondary N) is 1. The molecule has 0 saturated carbocycles. The number of hydrogen-bond donors (Lipinski definition) is 1. The van der Waals surface area contributed by atoms with E-state index in [-0.39, 0.29) is 23.6 Å². The summed E-state index contributed by atoms with van der Waals surface area (Å²) in [5.74, 6) is -0.541. The molecule has 0 saturated heterocycles. The number of nitro benzene ring substituents is 1. The van der Waals surface area contributed by atoms with Gasteiger partial charge in [-0.1, -0.05) is 6.07 Å². The summed E-state index contributed by atoms with van der Waals surface area (Å²) in [6.45, 7) is 6.23. The van der Waals surface area contributed by atoms with Crippen molar-refractivity contribution in [3.63, 3.8) is 0 Å². The lowest BCUT2D eigenvalue weighted by atomic mass is 10.1. The average molecular weight is 296 g/mol. The first-order chi connectivity index (χ1) is 9.73. The summed E-state index contributed by atoms with van der Waals surface area (Å²) in [5.41, 5.74) is 0.572. The van der Waals surface area contributed by atoms with Crippen LogP contribution in [0.2, 0.25) is 0 Å².